The van der Waals surface area contributed by atoms with Gasteiger partial charge in [-0.15, -0.1) is 0 Å². The van der Waals surface area contributed by atoms with Gasteiger partial charge in [-0.2, -0.15) is 0 Å². The Balaban J connectivity index is 2.17. The first kappa shape index (κ1) is 15.5. The first-order valence-electron chi connectivity index (χ1n) is 6.49. The molecule has 0 radical (unpaired) electrons. The molecule has 0 unspecified atom stereocenters. The lowest BCUT2D eigenvalue weighted by Crippen LogP contribution is -2.01. The fraction of sp³-hybridized carbons (Fsp3) is 0.250. The quantitative estimate of drug-likeness (QED) is 0.851. The van der Waals surface area contributed by atoms with Gasteiger partial charge >= 0.3 is 0 Å². The number of hydrogen-bond donors (Lipinski definition) is 2. The molecule has 4 nitrogen and oxygen atoms in total. The van der Waals surface area contributed by atoms with E-state index in [0.717, 1.165) is 15.7 Å². The van der Waals surface area contributed by atoms with Crippen molar-refractivity contribution in [3.63, 3.8) is 0 Å². The van der Waals surface area contributed by atoms with Crippen LogP contribution >= 0.6 is 15.9 Å². The number of halogens is 1. The number of aromatic hydroxyl groups is 1. The second-order valence-corrected chi connectivity index (χ2v) is 5.52. The van der Waals surface area contributed by atoms with Gasteiger partial charge in [0.2, 0.25) is 5.75 Å². The third-order valence-corrected chi connectivity index (χ3v) is 4.06. The molecule has 0 aliphatic rings. The Hall–Kier alpha value is -1.88. The van der Waals surface area contributed by atoms with Crippen LogP contribution in [-0.2, 0) is 6.54 Å². The minimum Gasteiger partial charge on any atom is -0.502 e. The Bertz CT molecular complexity index is 618. The molecule has 0 spiro atoms. The van der Waals surface area contributed by atoms with Crippen LogP contribution in [0.25, 0.3) is 0 Å². The number of benzene rings is 2. The van der Waals surface area contributed by atoms with E-state index in [2.05, 4.69) is 21.2 Å². The van der Waals surface area contributed by atoms with E-state index in [9.17, 15) is 5.11 Å². The van der Waals surface area contributed by atoms with Gasteiger partial charge in [0.15, 0.2) is 11.5 Å². The number of rotatable bonds is 5. The Morgan fingerprint density at radius 3 is 2.24 bits per heavy atom. The minimum atomic E-state index is 0.0156. The summed E-state index contributed by atoms with van der Waals surface area (Å²) in [5.41, 5.74) is 3.16. The number of aryl methyl sites for hydroxylation is 1. The summed E-state index contributed by atoms with van der Waals surface area (Å²) in [6, 6.07) is 9.67. The van der Waals surface area contributed by atoms with Gasteiger partial charge in [-0.3, -0.25) is 0 Å². The zero-order chi connectivity index (χ0) is 15.4. The number of ether oxygens (including phenoxy) is 2. The Morgan fingerprint density at radius 1 is 1.10 bits per heavy atom. The van der Waals surface area contributed by atoms with Gasteiger partial charge in [-0.1, -0.05) is 22.0 Å². The molecule has 0 heterocycles. The van der Waals surface area contributed by atoms with Crippen molar-refractivity contribution in [2.24, 2.45) is 0 Å². The van der Waals surface area contributed by atoms with Crippen LogP contribution in [0.5, 0.6) is 17.2 Å². The molecule has 21 heavy (non-hydrogen) atoms. The molecule has 2 aromatic rings. The van der Waals surface area contributed by atoms with E-state index in [1.807, 2.05) is 25.1 Å². The number of phenolic OH excluding ortho intramolecular Hbond substituents is 1. The van der Waals surface area contributed by atoms with Gasteiger partial charge in [-0.25, -0.2) is 0 Å². The van der Waals surface area contributed by atoms with Gasteiger partial charge in [0.1, 0.15) is 0 Å². The molecule has 2 aromatic carbocycles. The maximum Gasteiger partial charge on any atom is 0.200 e. The van der Waals surface area contributed by atoms with Crippen molar-refractivity contribution in [1.82, 2.24) is 0 Å². The van der Waals surface area contributed by atoms with Crippen molar-refractivity contribution < 1.29 is 14.6 Å². The lowest BCUT2D eigenvalue weighted by Gasteiger charge is -2.13. The summed E-state index contributed by atoms with van der Waals surface area (Å²) in [5, 5.41) is 13.2. The van der Waals surface area contributed by atoms with Crippen LogP contribution in [0.4, 0.5) is 5.69 Å². The molecule has 0 aliphatic heterocycles. The third kappa shape index (κ3) is 3.61. The average molecular weight is 352 g/mol. The molecule has 0 amide bonds. The maximum absolute atomic E-state index is 9.89. The standard InChI is InChI=1S/C16H18BrNO3/c1-10-4-5-12(8-13(10)17)18-9-11-6-14(20-2)16(19)15(7-11)21-3/h4-8,18-19H,9H2,1-3H3. The molecule has 0 saturated carbocycles. The summed E-state index contributed by atoms with van der Waals surface area (Å²) in [6.07, 6.45) is 0. The Labute approximate surface area is 132 Å². The third-order valence-electron chi connectivity index (χ3n) is 3.21. The smallest absolute Gasteiger partial charge is 0.200 e. The van der Waals surface area contributed by atoms with Gasteiger partial charge < -0.3 is 19.9 Å². The number of nitrogens with one attached hydrogen (secondary N) is 1. The van der Waals surface area contributed by atoms with Gasteiger partial charge in [-0.05, 0) is 42.3 Å². The van der Waals surface area contributed by atoms with Crippen LogP contribution in [0.2, 0.25) is 0 Å². The van der Waals surface area contributed by atoms with Crippen molar-refractivity contribution >= 4 is 21.6 Å². The van der Waals surface area contributed by atoms with Crippen LogP contribution < -0.4 is 14.8 Å². The van der Waals surface area contributed by atoms with E-state index in [1.165, 1.54) is 19.8 Å². The lowest BCUT2D eigenvalue weighted by molar-refractivity contribution is 0.339. The summed E-state index contributed by atoms with van der Waals surface area (Å²) in [7, 11) is 3.03. The molecule has 2 N–H and O–H groups in total. The number of phenols is 1. The predicted octanol–water partition coefficient (Wildman–Crippen LogP) is 4.09. The normalized spacial score (nSPS) is 10.3. The van der Waals surface area contributed by atoms with Crippen molar-refractivity contribution in [3.8, 4) is 17.2 Å². The molecular weight excluding hydrogens is 334 g/mol. The zero-order valence-corrected chi connectivity index (χ0v) is 13.8. The molecule has 5 heteroatoms. The minimum absolute atomic E-state index is 0.0156. The summed E-state index contributed by atoms with van der Waals surface area (Å²) in [5.74, 6) is 0.814. The van der Waals surface area contributed by atoms with Crippen LogP contribution in [0.1, 0.15) is 11.1 Å². The molecule has 2 rings (SSSR count). The number of anilines is 1. The van der Waals surface area contributed by atoms with E-state index >= 15 is 0 Å². The number of methoxy groups -OCH3 is 2. The molecule has 0 aromatic heterocycles. The summed E-state index contributed by atoms with van der Waals surface area (Å²) in [6.45, 7) is 2.64. The highest BCUT2D eigenvalue weighted by Crippen LogP contribution is 2.37. The molecule has 112 valence electrons. The van der Waals surface area contributed by atoms with E-state index in [4.69, 9.17) is 9.47 Å². The molecule has 0 bridgehead atoms. The second kappa shape index (κ2) is 6.72. The highest BCUT2D eigenvalue weighted by Gasteiger charge is 2.11. The predicted molar refractivity (Wildman–Crippen MR) is 87.4 cm³/mol. The van der Waals surface area contributed by atoms with Crippen molar-refractivity contribution in [3.05, 3.63) is 45.9 Å². The number of hydrogen-bond acceptors (Lipinski definition) is 4. The topological polar surface area (TPSA) is 50.7 Å². The molecule has 0 atom stereocenters. The van der Waals surface area contributed by atoms with Crippen molar-refractivity contribution in [2.45, 2.75) is 13.5 Å². The molecule has 0 aliphatic carbocycles. The highest BCUT2D eigenvalue weighted by molar-refractivity contribution is 9.10. The van der Waals surface area contributed by atoms with Crippen molar-refractivity contribution in [2.75, 3.05) is 19.5 Å². The van der Waals surface area contributed by atoms with Crippen molar-refractivity contribution in [1.29, 1.82) is 0 Å². The van der Waals surface area contributed by atoms with E-state index in [0.29, 0.717) is 18.0 Å². The largest absolute Gasteiger partial charge is 0.502 e. The van der Waals surface area contributed by atoms with Crippen LogP contribution in [-0.4, -0.2) is 19.3 Å². The van der Waals surface area contributed by atoms with Crippen LogP contribution in [0.3, 0.4) is 0 Å². The lowest BCUT2D eigenvalue weighted by atomic mass is 10.1. The van der Waals surface area contributed by atoms with Gasteiger partial charge in [0.05, 0.1) is 14.2 Å². The van der Waals surface area contributed by atoms with E-state index in [-0.39, 0.29) is 5.75 Å². The molecular formula is C16H18BrNO3. The SMILES string of the molecule is COc1cc(CNc2ccc(C)c(Br)c2)cc(OC)c1O. The Kier molecular flexibility index (Phi) is 4.96. The fourth-order valence-corrected chi connectivity index (χ4v) is 2.34. The second-order valence-electron chi connectivity index (χ2n) is 4.67. The maximum atomic E-state index is 9.89. The van der Waals surface area contributed by atoms with Gasteiger partial charge in [0, 0.05) is 16.7 Å². The summed E-state index contributed by atoms with van der Waals surface area (Å²) >= 11 is 3.51. The van der Waals surface area contributed by atoms with Crippen LogP contribution in [0.15, 0.2) is 34.8 Å². The first-order valence-corrected chi connectivity index (χ1v) is 7.28. The average Bonchev–Trinajstić information content (AvgIpc) is 2.49. The Morgan fingerprint density at radius 2 is 1.71 bits per heavy atom. The van der Waals surface area contributed by atoms with E-state index < -0.39 is 0 Å². The fourth-order valence-electron chi connectivity index (χ4n) is 1.96. The summed E-state index contributed by atoms with van der Waals surface area (Å²) < 4.78 is 11.4. The van der Waals surface area contributed by atoms with Crippen LogP contribution in [0, 0.1) is 6.92 Å². The first-order chi connectivity index (χ1) is 10.0. The molecule has 0 saturated heterocycles. The van der Waals surface area contributed by atoms with E-state index in [1.54, 1.807) is 12.1 Å². The monoisotopic (exact) mass is 351 g/mol. The van der Waals surface area contributed by atoms with Gasteiger partial charge in [0.25, 0.3) is 0 Å². The zero-order valence-electron chi connectivity index (χ0n) is 12.2. The molecule has 0 fully saturated rings. The summed E-state index contributed by atoms with van der Waals surface area (Å²) in [4.78, 5) is 0. The highest BCUT2D eigenvalue weighted by atomic mass is 79.9.